The average Bonchev–Trinajstić information content (AvgIpc) is 3.10. The molecule has 0 radical (unpaired) electrons. The van der Waals surface area contributed by atoms with Gasteiger partial charge in [-0.05, 0) is 37.6 Å². The number of ether oxygens (including phenoxy) is 1. The van der Waals surface area contributed by atoms with Crippen molar-refractivity contribution in [2.45, 2.75) is 13.3 Å². The second-order valence-corrected chi connectivity index (χ2v) is 6.06. The number of halogens is 2. The molecule has 0 spiro atoms. The standard InChI is InChI=1S/C19H18Cl2N2O3/c1-2-25-10-4-9-23-19(24)13(12-22)11-14-7-8-17(26-14)15-5-3-6-16(20)18(15)21/h3,5-8,11H,2,4,9-10H2,1H3,(H,23,24)/b13-11+. The van der Waals surface area contributed by atoms with Crippen LogP contribution in [0.15, 0.2) is 40.3 Å². The molecule has 0 saturated heterocycles. The van der Waals surface area contributed by atoms with Crippen LogP contribution in [0.1, 0.15) is 19.1 Å². The predicted molar refractivity (Wildman–Crippen MR) is 102 cm³/mol. The van der Waals surface area contributed by atoms with Crippen molar-refractivity contribution in [1.82, 2.24) is 5.32 Å². The summed E-state index contributed by atoms with van der Waals surface area (Å²) in [4.78, 5) is 12.1. The number of furan rings is 1. The number of hydrogen-bond acceptors (Lipinski definition) is 4. The second-order valence-electron chi connectivity index (χ2n) is 5.28. The van der Waals surface area contributed by atoms with Gasteiger partial charge in [0.15, 0.2) is 0 Å². The maximum atomic E-state index is 12.1. The number of benzene rings is 1. The summed E-state index contributed by atoms with van der Waals surface area (Å²) >= 11 is 12.2. The van der Waals surface area contributed by atoms with E-state index in [2.05, 4.69) is 5.32 Å². The summed E-state index contributed by atoms with van der Waals surface area (Å²) in [6.07, 6.45) is 2.07. The lowest BCUT2D eigenvalue weighted by atomic mass is 10.2. The molecule has 1 aromatic carbocycles. The minimum atomic E-state index is -0.456. The summed E-state index contributed by atoms with van der Waals surface area (Å²) < 4.78 is 10.9. The molecule has 0 aliphatic rings. The molecule has 1 heterocycles. The minimum Gasteiger partial charge on any atom is -0.457 e. The van der Waals surface area contributed by atoms with E-state index in [-0.39, 0.29) is 5.57 Å². The fourth-order valence-corrected chi connectivity index (χ4v) is 2.57. The van der Waals surface area contributed by atoms with Crippen LogP contribution in [0.3, 0.4) is 0 Å². The van der Waals surface area contributed by atoms with Crippen LogP contribution in [0.2, 0.25) is 10.0 Å². The fourth-order valence-electron chi connectivity index (χ4n) is 2.18. The molecule has 1 N–H and O–H groups in total. The van der Waals surface area contributed by atoms with Gasteiger partial charge in [0.25, 0.3) is 5.91 Å². The SMILES string of the molecule is CCOCCCNC(=O)/C(C#N)=C/c1ccc(-c2cccc(Cl)c2Cl)o1. The second kappa shape index (κ2) is 10.0. The summed E-state index contributed by atoms with van der Waals surface area (Å²) in [5, 5.41) is 12.7. The molecule has 1 amide bonds. The van der Waals surface area contributed by atoms with Crippen LogP contribution < -0.4 is 5.32 Å². The average molecular weight is 393 g/mol. The highest BCUT2D eigenvalue weighted by Gasteiger charge is 2.13. The molecule has 0 aliphatic carbocycles. The Balaban J connectivity index is 2.08. The van der Waals surface area contributed by atoms with E-state index in [9.17, 15) is 10.1 Å². The first-order valence-corrected chi connectivity index (χ1v) is 8.84. The molecule has 0 bridgehead atoms. The van der Waals surface area contributed by atoms with E-state index in [0.29, 0.717) is 53.3 Å². The van der Waals surface area contributed by atoms with Gasteiger partial charge in [0.05, 0.1) is 10.0 Å². The molecule has 5 nitrogen and oxygen atoms in total. The molecule has 0 unspecified atom stereocenters. The molecule has 2 aromatic rings. The Labute approximate surface area is 162 Å². The van der Waals surface area contributed by atoms with Crippen LogP contribution in [0.25, 0.3) is 17.4 Å². The molecule has 26 heavy (non-hydrogen) atoms. The van der Waals surface area contributed by atoms with E-state index in [1.165, 1.54) is 6.08 Å². The topological polar surface area (TPSA) is 75.3 Å². The van der Waals surface area contributed by atoms with Crippen LogP contribution in [-0.4, -0.2) is 25.7 Å². The smallest absolute Gasteiger partial charge is 0.262 e. The number of nitrogens with one attached hydrogen (secondary N) is 1. The summed E-state index contributed by atoms with van der Waals surface area (Å²) in [5.41, 5.74) is 0.595. The van der Waals surface area contributed by atoms with Crippen LogP contribution in [-0.2, 0) is 9.53 Å². The summed E-state index contributed by atoms with van der Waals surface area (Å²) in [6, 6.07) is 10.5. The molecule has 136 valence electrons. The van der Waals surface area contributed by atoms with Gasteiger partial charge in [-0.2, -0.15) is 5.26 Å². The van der Waals surface area contributed by atoms with Gasteiger partial charge in [-0.15, -0.1) is 0 Å². The Morgan fingerprint density at radius 3 is 2.88 bits per heavy atom. The van der Waals surface area contributed by atoms with Gasteiger partial charge in [0.1, 0.15) is 23.2 Å². The van der Waals surface area contributed by atoms with Crippen molar-refractivity contribution in [3.63, 3.8) is 0 Å². The number of rotatable bonds is 8. The van der Waals surface area contributed by atoms with E-state index in [0.717, 1.165) is 0 Å². The maximum absolute atomic E-state index is 12.1. The highest BCUT2D eigenvalue weighted by Crippen LogP contribution is 2.34. The predicted octanol–water partition coefficient (Wildman–Crippen LogP) is 4.70. The van der Waals surface area contributed by atoms with Gasteiger partial charge in [0.2, 0.25) is 0 Å². The molecule has 0 fully saturated rings. The van der Waals surface area contributed by atoms with Gasteiger partial charge in [-0.25, -0.2) is 0 Å². The molecule has 0 atom stereocenters. The van der Waals surface area contributed by atoms with Gasteiger partial charge in [-0.3, -0.25) is 4.79 Å². The van der Waals surface area contributed by atoms with E-state index in [4.69, 9.17) is 32.4 Å². The highest BCUT2D eigenvalue weighted by atomic mass is 35.5. The first-order chi connectivity index (χ1) is 12.6. The zero-order valence-electron chi connectivity index (χ0n) is 14.2. The third-order valence-corrected chi connectivity index (χ3v) is 4.27. The summed E-state index contributed by atoms with van der Waals surface area (Å²) in [7, 11) is 0. The Morgan fingerprint density at radius 1 is 1.35 bits per heavy atom. The summed E-state index contributed by atoms with van der Waals surface area (Å²) in [6.45, 7) is 3.53. The van der Waals surface area contributed by atoms with Gasteiger partial charge in [0, 0.05) is 31.4 Å². The maximum Gasteiger partial charge on any atom is 0.262 e. The lowest BCUT2D eigenvalue weighted by molar-refractivity contribution is -0.117. The number of hydrogen-bond donors (Lipinski definition) is 1. The number of carbonyl (C=O) groups is 1. The van der Waals surface area contributed by atoms with Crippen LogP contribution in [0.5, 0.6) is 0 Å². The van der Waals surface area contributed by atoms with E-state index in [1.807, 2.05) is 13.0 Å². The first kappa shape index (κ1) is 20.1. The van der Waals surface area contributed by atoms with Gasteiger partial charge in [-0.1, -0.05) is 29.3 Å². The molecule has 0 saturated carbocycles. The molecule has 7 heteroatoms. The molecule has 0 aliphatic heterocycles. The largest absolute Gasteiger partial charge is 0.457 e. The van der Waals surface area contributed by atoms with Crippen LogP contribution >= 0.6 is 23.2 Å². The van der Waals surface area contributed by atoms with Crippen LogP contribution in [0.4, 0.5) is 0 Å². The quantitative estimate of drug-likeness (QED) is 0.401. The first-order valence-electron chi connectivity index (χ1n) is 8.08. The number of amides is 1. The molecular weight excluding hydrogens is 375 g/mol. The van der Waals surface area contributed by atoms with Crippen molar-refractivity contribution in [1.29, 1.82) is 5.26 Å². The number of nitrogens with zero attached hydrogens (tertiary/aromatic N) is 1. The Bertz CT molecular complexity index is 838. The van der Waals surface area contributed by atoms with Crippen molar-refractivity contribution in [3.05, 3.63) is 51.7 Å². The zero-order valence-corrected chi connectivity index (χ0v) is 15.7. The molecule has 1 aromatic heterocycles. The van der Waals surface area contributed by atoms with Gasteiger partial charge >= 0.3 is 0 Å². The van der Waals surface area contributed by atoms with Crippen molar-refractivity contribution in [3.8, 4) is 17.4 Å². The zero-order chi connectivity index (χ0) is 18.9. The third kappa shape index (κ3) is 5.37. The third-order valence-electron chi connectivity index (χ3n) is 3.45. The minimum absolute atomic E-state index is 0.0421. The van der Waals surface area contributed by atoms with Crippen molar-refractivity contribution in [2.24, 2.45) is 0 Å². The van der Waals surface area contributed by atoms with E-state index < -0.39 is 5.91 Å². The van der Waals surface area contributed by atoms with Gasteiger partial charge < -0.3 is 14.5 Å². The Kier molecular flexibility index (Phi) is 7.73. The van der Waals surface area contributed by atoms with Crippen LogP contribution in [0, 0.1) is 11.3 Å². The van der Waals surface area contributed by atoms with E-state index >= 15 is 0 Å². The highest BCUT2D eigenvalue weighted by molar-refractivity contribution is 6.43. The fraction of sp³-hybridized carbons (Fsp3) is 0.263. The Morgan fingerprint density at radius 2 is 2.15 bits per heavy atom. The van der Waals surface area contributed by atoms with Crippen molar-refractivity contribution in [2.75, 3.05) is 19.8 Å². The lowest BCUT2D eigenvalue weighted by Crippen LogP contribution is -2.26. The lowest BCUT2D eigenvalue weighted by Gasteiger charge is -2.04. The normalized spacial score (nSPS) is 11.2. The van der Waals surface area contributed by atoms with Crippen molar-refractivity contribution >= 4 is 35.2 Å². The monoisotopic (exact) mass is 392 g/mol. The Hall–Kier alpha value is -2.26. The molecular formula is C19H18Cl2N2O3. The molecule has 2 rings (SSSR count). The van der Waals surface area contributed by atoms with Crippen molar-refractivity contribution < 1.29 is 13.9 Å². The van der Waals surface area contributed by atoms with E-state index in [1.54, 1.807) is 30.3 Å². The number of carbonyl (C=O) groups excluding carboxylic acids is 1. The summed E-state index contributed by atoms with van der Waals surface area (Å²) in [5.74, 6) is 0.415. The number of nitriles is 1.